The highest BCUT2D eigenvalue weighted by Gasteiger charge is 2.23. The second kappa shape index (κ2) is 7.25. The first-order valence-corrected chi connectivity index (χ1v) is 13.1. The molecular weight excluding hydrogens is 304 g/mol. The molecule has 0 aliphatic carbocycles. The van der Waals surface area contributed by atoms with Crippen molar-refractivity contribution in [2.45, 2.75) is 49.9 Å². The topological polar surface area (TPSA) is 18.5 Å². The quantitative estimate of drug-likeness (QED) is 0.540. The fourth-order valence-corrected chi connectivity index (χ4v) is 4.52. The molecular formula is C15H24O2S2Si. The van der Waals surface area contributed by atoms with Gasteiger partial charge in [-0.2, -0.15) is 0 Å². The number of rotatable bonds is 6. The van der Waals surface area contributed by atoms with E-state index in [1.54, 1.807) is 21.6 Å². The normalized spacial score (nSPS) is 18.5. The summed E-state index contributed by atoms with van der Waals surface area (Å²) in [6, 6.07) is 6.48. The van der Waals surface area contributed by atoms with Crippen LogP contribution in [0.25, 0.3) is 0 Å². The van der Waals surface area contributed by atoms with Gasteiger partial charge in [-0.1, -0.05) is 33.7 Å². The van der Waals surface area contributed by atoms with Gasteiger partial charge >= 0.3 is 0 Å². The molecule has 0 radical (unpaired) electrons. The van der Waals surface area contributed by atoms with Gasteiger partial charge in [0, 0.05) is 13.0 Å². The van der Waals surface area contributed by atoms with Crippen LogP contribution < -0.4 is 4.74 Å². The lowest BCUT2D eigenvalue weighted by atomic mass is 10.0. The minimum atomic E-state index is -1.40. The Hall–Kier alpha value is -0.103. The van der Waals surface area contributed by atoms with Gasteiger partial charge < -0.3 is 9.16 Å². The summed E-state index contributed by atoms with van der Waals surface area (Å²) >= 11 is 0. The molecule has 1 aromatic rings. The third kappa shape index (κ3) is 4.72. The Labute approximate surface area is 131 Å². The minimum Gasteiger partial charge on any atom is -0.489 e. The first kappa shape index (κ1) is 16.3. The maximum absolute atomic E-state index is 6.23. The second-order valence-electron chi connectivity index (χ2n) is 6.02. The number of aryl methyl sites for hydroxylation is 1. The molecule has 0 bridgehead atoms. The lowest BCUT2D eigenvalue weighted by Gasteiger charge is -2.28. The van der Waals surface area contributed by atoms with Crippen molar-refractivity contribution in [1.82, 2.24) is 0 Å². The van der Waals surface area contributed by atoms with Gasteiger partial charge in [0.05, 0.1) is 4.90 Å². The van der Waals surface area contributed by atoms with Crippen molar-refractivity contribution in [2.75, 3.05) is 12.9 Å². The van der Waals surface area contributed by atoms with Crippen LogP contribution in [0.1, 0.15) is 18.4 Å². The predicted octanol–water partition coefficient (Wildman–Crippen LogP) is 4.99. The Morgan fingerprint density at radius 1 is 1.35 bits per heavy atom. The molecule has 2 rings (SSSR count). The van der Waals surface area contributed by atoms with Gasteiger partial charge in [-0.3, -0.25) is 0 Å². The van der Waals surface area contributed by atoms with Gasteiger partial charge in [-0.05, 0) is 50.4 Å². The molecule has 0 amide bonds. The average Bonchev–Trinajstić information content (AvgIpc) is 2.38. The summed E-state index contributed by atoms with van der Waals surface area (Å²) in [7, 11) is 2.15. The van der Waals surface area contributed by atoms with E-state index >= 15 is 0 Å². The summed E-state index contributed by atoms with van der Waals surface area (Å²) < 4.78 is 12.2. The lowest BCUT2D eigenvalue weighted by Crippen LogP contribution is -2.30. The largest absolute Gasteiger partial charge is 0.489 e. The number of hydrogen-bond acceptors (Lipinski definition) is 4. The van der Waals surface area contributed by atoms with Crippen molar-refractivity contribution < 1.29 is 9.16 Å². The van der Waals surface area contributed by atoms with Crippen LogP contribution in [0.15, 0.2) is 23.1 Å². The van der Waals surface area contributed by atoms with Crippen LogP contribution in [-0.2, 0) is 10.8 Å². The van der Waals surface area contributed by atoms with Crippen LogP contribution in [0.3, 0.4) is 0 Å². The number of hydrogen-bond donors (Lipinski definition) is 0. The first-order valence-electron chi connectivity index (χ1n) is 7.13. The minimum absolute atomic E-state index is 0.308. The van der Waals surface area contributed by atoms with Crippen molar-refractivity contribution in [2.24, 2.45) is 0 Å². The molecule has 0 saturated carbocycles. The fraction of sp³-hybridized carbons (Fsp3) is 0.600. The molecule has 0 spiro atoms. The first-order chi connectivity index (χ1) is 9.49. The van der Waals surface area contributed by atoms with E-state index in [9.17, 15) is 0 Å². The zero-order valence-electron chi connectivity index (χ0n) is 12.8. The highest BCUT2D eigenvalue weighted by molar-refractivity contribution is 8.76. The zero-order chi connectivity index (χ0) is 14.6. The van der Waals surface area contributed by atoms with Crippen molar-refractivity contribution in [1.29, 1.82) is 0 Å². The Kier molecular flexibility index (Phi) is 5.90. The van der Waals surface area contributed by atoms with Gasteiger partial charge in [0.15, 0.2) is 8.32 Å². The molecule has 1 atom stereocenters. The standard InChI is InChI=1S/C15H24O2S2Si/c1-18-19-14-7-5-6-12-8-9-13(17-15(12)14)10-11-16-20(2,3)4/h5-7,13H,8-11H2,1-4H3. The zero-order valence-corrected chi connectivity index (χ0v) is 15.4. The smallest absolute Gasteiger partial charge is 0.183 e. The molecule has 0 aromatic heterocycles. The van der Waals surface area contributed by atoms with E-state index in [0.717, 1.165) is 31.6 Å². The molecule has 1 unspecified atom stereocenters. The molecule has 1 heterocycles. The van der Waals surface area contributed by atoms with E-state index in [-0.39, 0.29) is 0 Å². The van der Waals surface area contributed by atoms with Crippen LogP contribution in [0, 0.1) is 0 Å². The van der Waals surface area contributed by atoms with E-state index in [1.807, 2.05) is 0 Å². The molecule has 0 saturated heterocycles. The monoisotopic (exact) mass is 328 g/mol. The average molecular weight is 329 g/mol. The summed E-state index contributed by atoms with van der Waals surface area (Å²) in [6.07, 6.45) is 5.64. The van der Waals surface area contributed by atoms with Gasteiger partial charge in [-0.15, -0.1) is 0 Å². The number of fused-ring (bicyclic) bond motifs is 1. The van der Waals surface area contributed by atoms with Crippen LogP contribution in [-0.4, -0.2) is 27.3 Å². The lowest BCUT2D eigenvalue weighted by molar-refractivity contribution is 0.134. The third-order valence-electron chi connectivity index (χ3n) is 3.23. The highest BCUT2D eigenvalue weighted by atomic mass is 33.1. The van der Waals surface area contributed by atoms with Crippen molar-refractivity contribution in [3.8, 4) is 5.75 Å². The van der Waals surface area contributed by atoms with Gasteiger partial charge in [0.1, 0.15) is 11.9 Å². The van der Waals surface area contributed by atoms with Crippen LogP contribution in [0.4, 0.5) is 0 Å². The SMILES string of the molecule is CSSc1cccc2c1OC(CCO[Si](C)(C)C)CC2. The highest BCUT2D eigenvalue weighted by Crippen LogP contribution is 2.41. The van der Waals surface area contributed by atoms with E-state index in [0.29, 0.717) is 6.10 Å². The maximum atomic E-state index is 6.23. The van der Waals surface area contributed by atoms with E-state index < -0.39 is 8.32 Å². The Morgan fingerprint density at radius 3 is 2.85 bits per heavy atom. The molecule has 1 aliphatic heterocycles. The molecule has 0 fully saturated rings. The van der Waals surface area contributed by atoms with E-state index in [4.69, 9.17) is 9.16 Å². The second-order valence-corrected chi connectivity index (χ2v) is 13.0. The molecule has 112 valence electrons. The van der Waals surface area contributed by atoms with Crippen LogP contribution >= 0.6 is 21.6 Å². The Balaban J connectivity index is 1.95. The summed E-state index contributed by atoms with van der Waals surface area (Å²) in [4.78, 5) is 1.26. The van der Waals surface area contributed by atoms with Crippen LogP contribution in [0.5, 0.6) is 5.75 Å². The van der Waals surface area contributed by atoms with Gasteiger partial charge in [0.25, 0.3) is 0 Å². The van der Waals surface area contributed by atoms with Crippen LogP contribution in [0.2, 0.25) is 19.6 Å². The molecule has 1 aliphatic rings. The van der Waals surface area contributed by atoms with Crippen molar-refractivity contribution in [3.63, 3.8) is 0 Å². The van der Waals surface area contributed by atoms with E-state index in [1.165, 1.54) is 10.5 Å². The predicted molar refractivity (Wildman–Crippen MR) is 92.5 cm³/mol. The number of ether oxygens (including phenoxy) is 1. The molecule has 20 heavy (non-hydrogen) atoms. The van der Waals surface area contributed by atoms with E-state index in [2.05, 4.69) is 44.1 Å². The van der Waals surface area contributed by atoms with Gasteiger partial charge in [-0.25, -0.2) is 0 Å². The number of benzene rings is 1. The molecule has 0 N–H and O–H groups in total. The maximum Gasteiger partial charge on any atom is 0.183 e. The van der Waals surface area contributed by atoms with Crippen molar-refractivity contribution >= 4 is 29.9 Å². The Bertz CT molecular complexity index is 446. The van der Waals surface area contributed by atoms with Crippen molar-refractivity contribution in [3.05, 3.63) is 23.8 Å². The fourth-order valence-electron chi connectivity index (χ4n) is 2.29. The molecule has 5 heteroatoms. The molecule has 1 aromatic carbocycles. The summed E-state index contributed by atoms with van der Waals surface area (Å²) in [5, 5.41) is 0. The third-order valence-corrected chi connectivity index (χ3v) is 6.01. The summed E-state index contributed by atoms with van der Waals surface area (Å²) in [5.74, 6) is 1.11. The summed E-state index contributed by atoms with van der Waals surface area (Å²) in [5.41, 5.74) is 1.35. The Morgan fingerprint density at radius 2 is 2.15 bits per heavy atom. The summed E-state index contributed by atoms with van der Waals surface area (Å²) in [6.45, 7) is 7.53. The van der Waals surface area contributed by atoms with Gasteiger partial charge in [0.2, 0.25) is 0 Å². The molecule has 2 nitrogen and oxygen atoms in total. The number of para-hydroxylation sites is 1.